The van der Waals surface area contributed by atoms with Crippen molar-refractivity contribution in [2.45, 2.75) is 44.2 Å². The standard InChI is InChI=1S/C24H30F2N4O5S/c1-15(2)14-30-19-12-22(36(33,34)28-24(3,23(31)32)8-9-29(4)5)21(10-16(19)13-27-30)35-20-7-6-17(25)11-18(20)26/h6-7,10-13,15,28H,8-9,14H2,1-5H3,(H,31,32)/t24-/m0/s1. The Labute approximate surface area is 208 Å². The number of aromatic nitrogens is 2. The highest BCUT2D eigenvalue weighted by Gasteiger charge is 2.39. The van der Waals surface area contributed by atoms with Gasteiger partial charge < -0.3 is 14.7 Å². The Morgan fingerprint density at radius 3 is 2.50 bits per heavy atom. The van der Waals surface area contributed by atoms with E-state index >= 15 is 0 Å². The number of carboxylic acid groups (broad SMARTS) is 1. The molecule has 0 aliphatic rings. The predicted octanol–water partition coefficient (Wildman–Crippen LogP) is 3.84. The molecule has 0 saturated carbocycles. The zero-order chi connectivity index (χ0) is 26.8. The second-order valence-corrected chi connectivity index (χ2v) is 11.2. The predicted molar refractivity (Wildman–Crippen MR) is 131 cm³/mol. The summed E-state index contributed by atoms with van der Waals surface area (Å²) in [5.41, 5.74) is -1.37. The molecule has 1 atom stereocenters. The van der Waals surface area contributed by atoms with Gasteiger partial charge in [0, 0.05) is 18.0 Å². The van der Waals surface area contributed by atoms with Gasteiger partial charge in [-0.1, -0.05) is 13.8 Å². The van der Waals surface area contributed by atoms with Crippen molar-refractivity contribution in [3.05, 3.63) is 48.2 Å². The zero-order valence-corrected chi connectivity index (χ0v) is 21.6. The molecule has 0 saturated heterocycles. The fourth-order valence-corrected chi connectivity index (χ4v) is 5.07. The number of nitrogens with zero attached hydrogens (tertiary/aromatic N) is 3. The van der Waals surface area contributed by atoms with E-state index in [1.165, 1.54) is 25.3 Å². The van der Waals surface area contributed by atoms with Gasteiger partial charge in [0.15, 0.2) is 11.6 Å². The number of rotatable bonds is 11. The Kier molecular flexibility index (Phi) is 8.01. The Balaban J connectivity index is 2.16. The van der Waals surface area contributed by atoms with E-state index in [-0.39, 0.29) is 18.1 Å². The van der Waals surface area contributed by atoms with E-state index in [0.29, 0.717) is 30.1 Å². The lowest BCUT2D eigenvalue weighted by atomic mass is 10.00. The highest BCUT2D eigenvalue weighted by atomic mass is 32.2. The summed E-state index contributed by atoms with van der Waals surface area (Å²) in [5.74, 6) is -3.65. The van der Waals surface area contributed by atoms with Gasteiger partial charge in [-0.25, -0.2) is 17.2 Å². The molecule has 0 bridgehead atoms. The normalized spacial score (nSPS) is 13.9. The number of benzene rings is 2. The van der Waals surface area contributed by atoms with Crippen LogP contribution in [0.2, 0.25) is 0 Å². The Morgan fingerprint density at radius 2 is 1.92 bits per heavy atom. The third-order valence-electron chi connectivity index (χ3n) is 5.54. The molecule has 1 heterocycles. The van der Waals surface area contributed by atoms with Gasteiger partial charge >= 0.3 is 5.97 Å². The largest absolute Gasteiger partial charge is 0.480 e. The van der Waals surface area contributed by atoms with Gasteiger partial charge in [0.25, 0.3) is 0 Å². The van der Waals surface area contributed by atoms with E-state index in [0.717, 1.165) is 12.1 Å². The molecule has 0 unspecified atom stereocenters. The third-order valence-corrected chi connectivity index (χ3v) is 7.16. The average Bonchev–Trinajstić information content (AvgIpc) is 3.14. The number of fused-ring (bicyclic) bond motifs is 1. The van der Waals surface area contributed by atoms with Gasteiger partial charge in [0.05, 0.1) is 11.7 Å². The van der Waals surface area contributed by atoms with E-state index in [9.17, 15) is 27.1 Å². The van der Waals surface area contributed by atoms with Gasteiger partial charge in [-0.05, 0) is 64.2 Å². The van der Waals surface area contributed by atoms with Crippen LogP contribution in [0.3, 0.4) is 0 Å². The number of hydrogen-bond acceptors (Lipinski definition) is 6. The minimum Gasteiger partial charge on any atom is -0.480 e. The SMILES string of the molecule is CC(C)Cn1ncc2cc(Oc3ccc(F)cc3F)c(S(=O)(=O)N[C@@](C)(CCN(C)C)C(=O)O)cc21. The second-order valence-electron chi connectivity index (χ2n) is 9.55. The van der Waals surface area contributed by atoms with E-state index in [1.54, 1.807) is 23.7 Å². The van der Waals surface area contributed by atoms with Crippen LogP contribution < -0.4 is 9.46 Å². The highest BCUT2D eigenvalue weighted by molar-refractivity contribution is 7.89. The number of aliphatic carboxylic acids is 1. The molecule has 1 aromatic heterocycles. The van der Waals surface area contributed by atoms with Gasteiger partial charge in [0.2, 0.25) is 10.0 Å². The molecule has 196 valence electrons. The number of halogens is 2. The van der Waals surface area contributed by atoms with Crippen LogP contribution in [0.4, 0.5) is 8.78 Å². The van der Waals surface area contributed by atoms with Crippen LogP contribution in [0.5, 0.6) is 11.5 Å². The minimum absolute atomic E-state index is 0.0229. The van der Waals surface area contributed by atoms with Crippen molar-refractivity contribution < 1.29 is 31.8 Å². The van der Waals surface area contributed by atoms with E-state index in [4.69, 9.17) is 4.74 Å². The van der Waals surface area contributed by atoms with Gasteiger partial charge in [0.1, 0.15) is 22.0 Å². The molecule has 0 fully saturated rings. The Hall–Kier alpha value is -3.09. The first kappa shape index (κ1) is 27.5. The van der Waals surface area contributed by atoms with Gasteiger partial charge in [-0.2, -0.15) is 9.82 Å². The summed E-state index contributed by atoms with van der Waals surface area (Å²) in [4.78, 5) is 13.4. The molecule has 2 aromatic carbocycles. The third kappa shape index (κ3) is 6.18. The summed E-state index contributed by atoms with van der Waals surface area (Å²) in [6.45, 7) is 6.03. The minimum atomic E-state index is -4.51. The van der Waals surface area contributed by atoms with E-state index < -0.39 is 43.8 Å². The summed E-state index contributed by atoms with van der Waals surface area (Å²) in [7, 11) is -1.03. The second kappa shape index (κ2) is 10.5. The van der Waals surface area contributed by atoms with Crippen molar-refractivity contribution in [1.29, 1.82) is 0 Å². The summed E-state index contributed by atoms with van der Waals surface area (Å²) in [6.07, 6.45) is 1.50. The molecule has 0 spiro atoms. The summed E-state index contributed by atoms with van der Waals surface area (Å²) >= 11 is 0. The lowest BCUT2D eigenvalue weighted by Gasteiger charge is -2.27. The zero-order valence-electron chi connectivity index (χ0n) is 20.7. The number of sulfonamides is 1. The lowest BCUT2D eigenvalue weighted by Crippen LogP contribution is -2.53. The quantitative estimate of drug-likeness (QED) is 0.392. The summed E-state index contributed by atoms with van der Waals surface area (Å²) < 4.78 is 64.4. The van der Waals surface area contributed by atoms with Gasteiger partial charge in [-0.3, -0.25) is 9.48 Å². The first-order valence-corrected chi connectivity index (χ1v) is 12.7. The number of carboxylic acids is 1. The molecular formula is C24H30F2N4O5S. The van der Waals surface area contributed by atoms with Crippen LogP contribution in [-0.4, -0.2) is 60.4 Å². The molecule has 3 aromatic rings. The molecule has 0 radical (unpaired) electrons. The molecular weight excluding hydrogens is 494 g/mol. The highest BCUT2D eigenvalue weighted by Crippen LogP contribution is 2.35. The van der Waals surface area contributed by atoms with Crippen LogP contribution in [0.15, 0.2) is 41.4 Å². The lowest BCUT2D eigenvalue weighted by molar-refractivity contribution is -0.143. The number of nitrogens with one attached hydrogen (secondary N) is 1. The first-order valence-electron chi connectivity index (χ1n) is 11.3. The maximum Gasteiger partial charge on any atom is 0.324 e. The molecule has 3 rings (SSSR count). The van der Waals surface area contributed by atoms with Crippen molar-refractivity contribution in [2.75, 3.05) is 20.6 Å². The van der Waals surface area contributed by atoms with Crippen LogP contribution in [0.1, 0.15) is 27.2 Å². The summed E-state index contributed by atoms with van der Waals surface area (Å²) in [5, 5.41) is 14.7. The van der Waals surface area contributed by atoms with Crippen molar-refractivity contribution in [3.8, 4) is 11.5 Å². The van der Waals surface area contributed by atoms with Crippen molar-refractivity contribution in [2.24, 2.45) is 5.92 Å². The maximum atomic E-state index is 14.3. The van der Waals surface area contributed by atoms with E-state index in [1.807, 2.05) is 13.8 Å². The topological polar surface area (TPSA) is 114 Å². The van der Waals surface area contributed by atoms with Crippen molar-refractivity contribution >= 4 is 26.9 Å². The van der Waals surface area contributed by atoms with Crippen LogP contribution in [0, 0.1) is 17.6 Å². The van der Waals surface area contributed by atoms with Gasteiger partial charge in [-0.15, -0.1) is 0 Å². The number of carbonyl (C=O) groups is 1. The molecule has 9 nitrogen and oxygen atoms in total. The average molecular weight is 525 g/mol. The Bertz CT molecular complexity index is 1370. The number of hydrogen-bond donors (Lipinski definition) is 2. The Morgan fingerprint density at radius 1 is 1.22 bits per heavy atom. The summed E-state index contributed by atoms with van der Waals surface area (Å²) in [6, 6.07) is 5.34. The molecule has 0 aliphatic carbocycles. The molecule has 0 aliphatic heterocycles. The first-order chi connectivity index (χ1) is 16.7. The van der Waals surface area contributed by atoms with Crippen LogP contribution >= 0.6 is 0 Å². The fraction of sp³-hybridized carbons (Fsp3) is 0.417. The molecule has 0 amide bonds. The maximum absolute atomic E-state index is 14.3. The number of ether oxygens (including phenoxy) is 1. The fourth-order valence-electron chi connectivity index (χ4n) is 3.54. The van der Waals surface area contributed by atoms with E-state index in [2.05, 4.69) is 9.82 Å². The van der Waals surface area contributed by atoms with Crippen molar-refractivity contribution in [3.63, 3.8) is 0 Å². The molecule has 2 N–H and O–H groups in total. The molecule has 36 heavy (non-hydrogen) atoms. The smallest absolute Gasteiger partial charge is 0.324 e. The monoisotopic (exact) mass is 524 g/mol. The van der Waals surface area contributed by atoms with Crippen LogP contribution in [0.25, 0.3) is 10.9 Å². The van der Waals surface area contributed by atoms with Crippen molar-refractivity contribution in [1.82, 2.24) is 19.4 Å². The molecule has 12 heteroatoms. The van der Waals surface area contributed by atoms with Crippen LogP contribution in [-0.2, 0) is 21.4 Å².